The molecule has 6 nitrogen and oxygen atoms in total. The normalized spacial score (nSPS) is 19.8. The Morgan fingerprint density at radius 3 is 2.43 bits per heavy atom. The summed E-state index contributed by atoms with van der Waals surface area (Å²) in [6.45, 7) is 4.59. The second-order valence-corrected chi connectivity index (χ2v) is 8.59. The Balaban J connectivity index is 0.00000210. The van der Waals surface area contributed by atoms with Gasteiger partial charge in [-0.15, -0.1) is 0 Å². The fourth-order valence-corrected chi connectivity index (χ4v) is 3.82. The van der Waals surface area contributed by atoms with Crippen LogP contribution in [0.2, 0.25) is 5.02 Å². The molecule has 0 saturated heterocycles. The van der Waals surface area contributed by atoms with Crippen LogP contribution in [-0.4, -0.2) is 36.3 Å². The number of nitrogens with zero attached hydrogens (tertiary/aromatic N) is 1. The third-order valence-electron chi connectivity index (χ3n) is 5.55. The van der Waals surface area contributed by atoms with Gasteiger partial charge in [0.1, 0.15) is 6.10 Å². The molecule has 0 fully saturated rings. The Morgan fingerprint density at radius 1 is 1.06 bits per heavy atom. The SMILES string of the molecule is CC.CN1CC(c2ccccc2)OC(=O)CC/C=C/CC(CC(=O)NCc2ccc(Cl)cc2)C1=O. The van der Waals surface area contributed by atoms with Gasteiger partial charge in [0.2, 0.25) is 11.8 Å². The first-order valence-corrected chi connectivity index (χ1v) is 12.5. The summed E-state index contributed by atoms with van der Waals surface area (Å²) in [7, 11) is 1.68. The number of esters is 1. The summed E-state index contributed by atoms with van der Waals surface area (Å²) in [6, 6.07) is 16.6. The molecular formula is C28H35ClN2O4. The molecule has 2 unspecified atom stereocenters. The number of carbonyl (C=O) groups excluding carboxylic acids is 3. The van der Waals surface area contributed by atoms with Crippen molar-refractivity contribution in [3.05, 3.63) is 82.9 Å². The van der Waals surface area contributed by atoms with E-state index in [4.69, 9.17) is 16.3 Å². The number of benzene rings is 2. The van der Waals surface area contributed by atoms with Gasteiger partial charge in [0.05, 0.1) is 12.5 Å². The first kappa shape index (κ1) is 28.1. The maximum atomic E-state index is 13.2. The predicted octanol–water partition coefficient (Wildman–Crippen LogP) is 5.47. The van der Waals surface area contributed by atoms with Gasteiger partial charge >= 0.3 is 5.97 Å². The molecule has 1 aliphatic heterocycles. The molecule has 188 valence electrons. The molecule has 2 amide bonds. The van der Waals surface area contributed by atoms with Gasteiger partial charge < -0.3 is 15.0 Å². The predicted molar refractivity (Wildman–Crippen MR) is 139 cm³/mol. The molecule has 2 aromatic rings. The molecule has 0 aromatic heterocycles. The fourth-order valence-electron chi connectivity index (χ4n) is 3.70. The topological polar surface area (TPSA) is 75.7 Å². The van der Waals surface area contributed by atoms with Gasteiger partial charge in [0.25, 0.3) is 0 Å². The zero-order chi connectivity index (χ0) is 25.6. The summed E-state index contributed by atoms with van der Waals surface area (Å²) < 4.78 is 5.68. The van der Waals surface area contributed by atoms with E-state index in [2.05, 4.69) is 5.32 Å². The van der Waals surface area contributed by atoms with Gasteiger partial charge in [-0.1, -0.05) is 80.1 Å². The van der Waals surface area contributed by atoms with E-state index in [1.807, 2.05) is 68.5 Å². The second-order valence-electron chi connectivity index (χ2n) is 8.16. The minimum atomic E-state index is -0.560. The first-order valence-electron chi connectivity index (χ1n) is 12.1. The standard InChI is InChI=1S/C26H29ClN2O4.C2H6/c1-29-18-23(20-8-4-2-5-9-20)33-25(31)11-7-3-6-10-21(26(29)32)16-24(30)28-17-19-12-14-22(27)15-13-19;1-2/h2-6,8-9,12-15,21,23H,7,10-11,16-18H2,1H3,(H,28,30);1-2H3/b6-3+;. The van der Waals surface area contributed by atoms with Gasteiger partial charge in [-0.2, -0.15) is 0 Å². The lowest BCUT2D eigenvalue weighted by atomic mass is 9.97. The number of rotatable bonds is 5. The first-order chi connectivity index (χ1) is 16.9. The molecule has 2 aromatic carbocycles. The average molecular weight is 499 g/mol. The monoisotopic (exact) mass is 498 g/mol. The summed E-state index contributed by atoms with van der Waals surface area (Å²) in [5.41, 5.74) is 1.76. The molecule has 1 N–H and O–H groups in total. The lowest BCUT2D eigenvalue weighted by molar-refractivity contribution is -0.152. The highest BCUT2D eigenvalue weighted by atomic mass is 35.5. The van der Waals surface area contributed by atoms with Crippen molar-refractivity contribution in [2.24, 2.45) is 5.92 Å². The lowest BCUT2D eigenvalue weighted by Crippen LogP contribution is -2.39. The van der Waals surface area contributed by atoms with Crippen molar-refractivity contribution in [3.8, 4) is 0 Å². The van der Waals surface area contributed by atoms with Crippen molar-refractivity contribution in [1.29, 1.82) is 0 Å². The van der Waals surface area contributed by atoms with E-state index in [1.165, 1.54) is 0 Å². The van der Waals surface area contributed by atoms with Crippen LogP contribution >= 0.6 is 11.6 Å². The summed E-state index contributed by atoms with van der Waals surface area (Å²) in [5, 5.41) is 3.52. The van der Waals surface area contributed by atoms with Crippen LogP contribution in [-0.2, 0) is 25.7 Å². The highest BCUT2D eigenvalue weighted by Gasteiger charge is 2.27. The molecule has 0 spiro atoms. The number of hydrogen-bond acceptors (Lipinski definition) is 4. The Labute approximate surface area is 213 Å². The number of cyclic esters (lactones) is 1. The number of ether oxygens (including phenoxy) is 1. The van der Waals surface area contributed by atoms with Crippen molar-refractivity contribution in [2.45, 2.75) is 52.2 Å². The largest absolute Gasteiger partial charge is 0.456 e. The third kappa shape index (κ3) is 9.57. The Morgan fingerprint density at radius 2 is 1.74 bits per heavy atom. The number of likely N-dealkylation sites (N-methyl/N-ethyl adjacent to an activating group) is 1. The van der Waals surface area contributed by atoms with Crippen LogP contribution in [0.5, 0.6) is 0 Å². The van der Waals surface area contributed by atoms with Gasteiger partial charge in [0.15, 0.2) is 0 Å². The molecule has 35 heavy (non-hydrogen) atoms. The number of halogens is 1. The summed E-state index contributed by atoms with van der Waals surface area (Å²) >= 11 is 5.90. The summed E-state index contributed by atoms with van der Waals surface area (Å²) in [6.07, 6.45) is 4.48. The molecule has 0 aliphatic carbocycles. The van der Waals surface area contributed by atoms with E-state index >= 15 is 0 Å². The van der Waals surface area contributed by atoms with E-state index in [0.717, 1.165) is 11.1 Å². The van der Waals surface area contributed by atoms with Crippen molar-refractivity contribution in [2.75, 3.05) is 13.6 Å². The van der Waals surface area contributed by atoms with E-state index in [0.29, 0.717) is 24.4 Å². The molecule has 3 rings (SSSR count). The van der Waals surface area contributed by atoms with Crippen LogP contribution in [0.1, 0.15) is 56.8 Å². The molecule has 2 atom stereocenters. The van der Waals surface area contributed by atoms with Crippen LogP contribution in [0.15, 0.2) is 66.7 Å². The zero-order valence-electron chi connectivity index (χ0n) is 20.7. The molecular weight excluding hydrogens is 464 g/mol. The van der Waals surface area contributed by atoms with Crippen LogP contribution in [0.4, 0.5) is 0 Å². The van der Waals surface area contributed by atoms with Gasteiger partial charge in [-0.25, -0.2) is 0 Å². The highest BCUT2D eigenvalue weighted by Crippen LogP contribution is 2.23. The van der Waals surface area contributed by atoms with E-state index in [9.17, 15) is 14.4 Å². The molecule has 1 aliphatic rings. The summed E-state index contributed by atoms with van der Waals surface area (Å²) in [4.78, 5) is 39.7. The number of allylic oxidation sites excluding steroid dienone is 2. The van der Waals surface area contributed by atoms with E-state index < -0.39 is 12.0 Å². The highest BCUT2D eigenvalue weighted by molar-refractivity contribution is 6.30. The van der Waals surface area contributed by atoms with Crippen LogP contribution in [0.25, 0.3) is 0 Å². The maximum absolute atomic E-state index is 13.2. The Kier molecular flexibility index (Phi) is 12.0. The molecule has 0 saturated carbocycles. The molecule has 0 bridgehead atoms. The maximum Gasteiger partial charge on any atom is 0.306 e. The van der Waals surface area contributed by atoms with Crippen molar-refractivity contribution in [3.63, 3.8) is 0 Å². The second kappa shape index (κ2) is 15.0. The minimum Gasteiger partial charge on any atom is -0.456 e. The smallest absolute Gasteiger partial charge is 0.306 e. The Hall–Kier alpha value is -3.12. The number of carbonyl (C=O) groups is 3. The molecule has 7 heteroatoms. The van der Waals surface area contributed by atoms with Gasteiger partial charge in [0, 0.05) is 31.5 Å². The number of hydrogen-bond donors (Lipinski definition) is 1. The summed E-state index contributed by atoms with van der Waals surface area (Å²) in [5.74, 6) is -1.14. The lowest BCUT2D eigenvalue weighted by Gasteiger charge is -2.28. The van der Waals surface area contributed by atoms with Crippen molar-refractivity contribution >= 4 is 29.4 Å². The van der Waals surface area contributed by atoms with Crippen LogP contribution in [0, 0.1) is 5.92 Å². The van der Waals surface area contributed by atoms with Gasteiger partial charge in [-0.05, 0) is 36.1 Å². The van der Waals surface area contributed by atoms with Crippen LogP contribution in [0.3, 0.4) is 0 Å². The van der Waals surface area contributed by atoms with Crippen molar-refractivity contribution in [1.82, 2.24) is 10.2 Å². The van der Waals surface area contributed by atoms with E-state index in [1.54, 1.807) is 24.1 Å². The third-order valence-corrected chi connectivity index (χ3v) is 5.80. The Bertz CT molecular complexity index is 976. The molecule has 0 radical (unpaired) electrons. The van der Waals surface area contributed by atoms with Crippen LogP contribution < -0.4 is 5.32 Å². The minimum absolute atomic E-state index is 0.0803. The average Bonchev–Trinajstić information content (AvgIpc) is 2.87. The zero-order valence-corrected chi connectivity index (χ0v) is 21.5. The number of nitrogens with one attached hydrogen (secondary N) is 1. The van der Waals surface area contributed by atoms with E-state index in [-0.39, 0.29) is 37.2 Å². The quantitative estimate of drug-likeness (QED) is 0.438. The fraction of sp³-hybridized carbons (Fsp3) is 0.393. The number of amides is 2. The van der Waals surface area contributed by atoms with Gasteiger partial charge in [-0.3, -0.25) is 14.4 Å². The van der Waals surface area contributed by atoms with Crippen molar-refractivity contribution < 1.29 is 19.1 Å². The molecule has 1 heterocycles.